The van der Waals surface area contributed by atoms with E-state index in [1.807, 2.05) is 6.92 Å². The van der Waals surface area contributed by atoms with E-state index >= 15 is 0 Å². The number of aliphatic imine (C=N–C) groups is 1. The average Bonchev–Trinajstić information content (AvgIpc) is 3.06. The highest BCUT2D eigenvalue weighted by molar-refractivity contribution is 5.79. The Morgan fingerprint density at radius 2 is 2.00 bits per heavy atom. The number of nitrogens with one attached hydrogen (secondary N) is 2. The summed E-state index contributed by atoms with van der Waals surface area (Å²) in [4.78, 5) is 4.52. The van der Waals surface area contributed by atoms with Crippen LogP contribution in [0.1, 0.15) is 29.9 Å². The molecule has 0 aliphatic rings. The van der Waals surface area contributed by atoms with Gasteiger partial charge in [-0.25, -0.2) is 4.99 Å². The molecule has 0 aliphatic heterocycles. The van der Waals surface area contributed by atoms with Gasteiger partial charge in [0.25, 0.3) is 0 Å². The van der Waals surface area contributed by atoms with E-state index in [4.69, 9.17) is 4.42 Å². The minimum atomic E-state index is -0.696. The minimum absolute atomic E-state index is 0.341. The molecule has 1 atom stereocenters. The summed E-state index contributed by atoms with van der Waals surface area (Å²) >= 11 is 0. The Bertz CT molecular complexity index is 576. The Kier molecular flexibility index (Phi) is 6.03. The first-order valence-corrected chi connectivity index (χ1v) is 7.48. The third kappa shape index (κ3) is 4.93. The standard InChI is InChI=1S/C17H23N3O2/c1-3-18-17(19-11-14-8-6-13(2)7-9-14)20-12-15(21)16-5-4-10-22-16/h4-10,15,21H,3,11-12H2,1-2H3,(H2,18,19,20). The first-order valence-electron chi connectivity index (χ1n) is 7.48. The van der Waals surface area contributed by atoms with Crippen molar-refractivity contribution in [3.8, 4) is 0 Å². The highest BCUT2D eigenvalue weighted by Crippen LogP contribution is 2.11. The predicted octanol–water partition coefficient (Wildman–Crippen LogP) is 2.38. The first kappa shape index (κ1) is 16.1. The van der Waals surface area contributed by atoms with E-state index in [0.717, 1.165) is 12.1 Å². The lowest BCUT2D eigenvalue weighted by molar-refractivity contribution is 0.153. The maximum atomic E-state index is 10.0. The lowest BCUT2D eigenvalue weighted by atomic mass is 10.1. The SMILES string of the molecule is CCNC(=NCc1ccc(C)cc1)NCC(O)c1ccco1. The van der Waals surface area contributed by atoms with Crippen molar-refractivity contribution in [1.82, 2.24) is 10.6 Å². The fourth-order valence-corrected chi connectivity index (χ4v) is 1.98. The van der Waals surface area contributed by atoms with Crippen LogP contribution in [0.4, 0.5) is 0 Å². The molecular formula is C17H23N3O2. The van der Waals surface area contributed by atoms with Gasteiger partial charge in [0.05, 0.1) is 19.4 Å². The summed E-state index contributed by atoms with van der Waals surface area (Å²) < 4.78 is 5.18. The molecule has 0 bridgehead atoms. The molecule has 2 aromatic rings. The van der Waals surface area contributed by atoms with Crippen molar-refractivity contribution in [3.05, 3.63) is 59.5 Å². The zero-order valence-corrected chi connectivity index (χ0v) is 13.0. The van der Waals surface area contributed by atoms with Gasteiger partial charge in [0, 0.05) is 6.54 Å². The van der Waals surface area contributed by atoms with Crippen LogP contribution in [0.25, 0.3) is 0 Å². The second kappa shape index (κ2) is 8.24. The van der Waals surface area contributed by atoms with Gasteiger partial charge in [0.1, 0.15) is 11.9 Å². The summed E-state index contributed by atoms with van der Waals surface area (Å²) in [5.74, 6) is 1.22. The number of aliphatic hydroxyl groups is 1. The largest absolute Gasteiger partial charge is 0.467 e. The molecule has 1 aromatic heterocycles. The highest BCUT2D eigenvalue weighted by Gasteiger charge is 2.10. The molecule has 0 fully saturated rings. The van der Waals surface area contributed by atoms with Crippen LogP contribution in [0.15, 0.2) is 52.1 Å². The van der Waals surface area contributed by atoms with Gasteiger partial charge < -0.3 is 20.2 Å². The summed E-state index contributed by atoms with van der Waals surface area (Å²) in [7, 11) is 0. The Morgan fingerprint density at radius 1 is 1.23 bits per heavy atom. The van der Waals surface area contributed by atoms with Crippen LogP contribution >= 0.6 is 0 Å². The Labute approximate surface area is 131 Å². The molecule has 0 saturated carbocycles. The summed E-state index contributed by atoms with van der Waals surface area (Å²) in [5, 5.41) is 16.3. The molecule has 1 unspecified atom stereocenters. The smallest absolute Gasteiger partial charge is 0.191 e. The van der Waals surface area contributed by atoms with E-state index in [1.54, 1.807) is 18.4 Å². The van der Waals surface area contributed by atoms with Crippen molar-refractivity contribution in [2.24, 2.45) is 4.99 Å². The molecule has 22 heavy (non-hydrogen) atoms. The van der Waals surface area contributed by atoms with Crippen LogP contribution in [-0.4, -0.2) is 24.2 Å². The topological polar surface area (TPSA) is 69.8 Å². The zero-order chi connectivity index (χ0) is 15.8. The maximum Gasteiger partial charge on any atom is 0.191 e. The van der Waals surface area contributed by atoms with E-state index in [2.05, 4.69) is 46.8 Å². The molecule has 0 saturated heterocycles. The lowest BCUT2D eigenvalue weighted by Gasteiger charge is -2.14. The number of hydrogen-bond donors (Lipinski definition) is 3. The van der Waals surface area contributed by atoms with E-state index in [9.17, 15) is 5.11 Å². The van der Waals surface area contributed by atoms with Crippen molar-refractivity contribution in [2.75, 3.05) is 13.1 Å². The number of benzene rings is 1. The number of guanidine groups is 1. The van der Waals surface area contributed by atoms with Crippen LogP contribution in [0.5, 0.6) is 0 Å². The molecule has 0 amide bonds. The lowest BCUT2D eigenvalue weighted by Crippen LogP contribution is -2.39. The summed E-state index contributed by atoms with van der Waals surface area (Å²) in [5.41, 5.74) is 2.38. The third-order valence-corrected chi connectivity index (χ3v) is 3.22. The van der Waals surface area contributed by atoms with Crippen LogP contribution in [0, 0.1) is 6.92 Å². The van der Waals surface area contributed by atoms with Gasteiger partial charge in [0.15, 0.2) is 5.96 Å². The van der Waals surface area contributed by atoms with E-state index in [-0.39, 0.29) is 0 Å². The predicted molar refractivity (Wildman–Crippen MR) is 87.7 cm³/mol. The molecule has 1 aromatic carbocycles. The van der Waals surface area contributed by atoms with Gasteiger partial charge in [-0.1, -0.05) is 29.8 Å². The molecule has 5 heteroatoms. The first-order chi connectivity index (χ1) is 10.7. The fourth-order valence-electron chi connectivity index (χ4n) is 1.98. The Balaban J connectivity index is 1.90. The van der Waals surface area contributed by atoms with E-state index < -0.39 is 6.10 Å². The van der Waals surface area contributed by atoms with Crippen molar-refractivity contribution >= 4 is 5.96 Å². The monoisotopic (exact) mass is 301 g/mol. The number of aliphatic hydroxyl groups excluding tert-OH is 1. The van der Waals surface area contributed by atoms with E-state index in [1.165, 1.54) is 5.56 Å². The zero-order valence-electron chi connectivity index (χ0n) is 13.0. The van der Waals surface area contributed by atoms with Gasteiger partial charge >= 0.3 is 0 Å². The Morgan fingerprint density at radius 3 is 2.64 bits per heavy atom. The van der Waals surface area contributed by atoms with E-state index in [0.29, 0.717) is 24.8 Å². The molecule has 0 radical (unpaired) electrons. The van der Waals surface area contributed by atoms with Crippen LogP contribution in [0.2, 0.25) is 0 Å². The summed E-state index contributed by atoms with van der Waals surface area (Å²) in [6.45, 7) is 5.76. The maximum absolute atomic E-state index is 10.0. The quantitative estimate of drug-likeness (QED) is 0.566. The molecule has 0 spiro atoms. The van der Waals surface area contributed by atoms with Gasteiger partial charge in [0.2, 0.25) is 0 Å². The summed E-state index contributed by atoms with van der Waals surface area (Å²) in [6.07, 6.45) is 0.855. The number of nitrogens with zero attached hydrogens (tertiary/aromatic N) is 1. The molecule has 5 nitrogen and oxygen atoms in total. The van der Waals surface area contributed by atoms with Crippen LogP contribution in [-0.2, 0) is 6.54 Å². The molecule has 2 rings (SSSR count). The van der Waals surface area contributed by atoms with Crippen LogP contribution < -0.4 is 10.6 Å². The second-order valence-electron chi connectivity index (χ2n) is 5.09. The number of rotatable bonds is 6. The van der Waals surface area contributed by atoms with Gasteiger partial charge in [-0.3, -0.25) is 0 Å². The van der Waals surface area contributed by atoms with Gasteiger partial charge in [-0.05, 0) is 31.5 Å². The molecule has 3 N–H and O–H groups in total. The molecule has 118 valence electrons. The van der Waals surface area contributed by atoms with Crippen molar-refractivity contribution < 1.29 is 9.52 Å². The van der Waals surface area contributed by atoms with Crippen molar-refractivity contribution in [2.45, 2.75) is 26.5 Å². The molecular weight excluding hydrogens is 278 g/mol. The fraction of sp³-hybridized carbons (Fsp3) is 0.353. The van der Waals surface area contributed by atoms with Crippen molar-refractivity contribution in [3.63, 3.8) is 0 Å². The Hall–Kier alpha value is -2.27. The number of furan rings is 1. The van der Waals surface area contributed by atoms with Gasteiger partial charge in [-0.15, -0.1) is 0 Å². The van der Waals surface area contributed by atoms with Crippen LogP contribution in [0.3, 0.4) is 0 Å². The second-order valence-corrected chi connectivity index (χ2v) is 5.09. The number of hydrogen-bond acceptors (Lipinski definition) is 3. The molecule has 0 aliphatic carbocycles. The minimum Gasteiger partial charge on any atom is -0.467 e. The highest BCUT2D eigenvalue weighted by atomic mass is 16.4. The van der Waals surface area contributed by atoms with Crippen molar-refractivity contribution in [1.29, 1.82) is 0 Å². The van der Waals surface area contributed by atoms with Gasteiger partial charge in [-0.2, -0.15) is 0 Å². The normalized spacial score (nSPS) is 13.0. The third-order valence-electron chi connectivity index (χ3n) is 3.22. The summed E-state index contributed by atoms with van der Waals surface area (Å²) in [6, 6.07) is 11.8. The average molecular weight is 301 g/mol. The molecule has 1 heterocycles. The number of aryl methyl sites for hydroxylation is 1.